The third kappa shape index (κ3) is 3.86. The number of ether oxygens (including phenoxy) is 1. The first kappa shape index (κ1) is 18.6. The van der Waals surface area contributed by atoms with Crippen LogP contribution in [0.1, 0.15) is 57.6 Å². The number of nitrogens with zero attached hydrogens (tertiary/aromatic N) is 3. The van der Waals surface area contributed by atoms with Gasteiger partial charge in [0.2, 0.25) is 0 Å². The summed E-state index contributed by atoms with van der Waals surface area (Å²) in [5, 5.41) is 6.12. The van der Waals surface area contributed by atoms with E-state index in [9.17, 15) is 0 Å². The van der Waals surface area contributed by atoms with Crippen molar-refractivity contribution < 1.29 is 4.74 Å². The zero-order valence-electron chi connectivity index (χ0n) is 17.5. The van der Waals surface area contributed by atoms with E-state index in [1.165, 1.54) is 62.4 Å². The van der Waals surface area contributed by atoms with Crippen LogP contribution in [0.2, 0.25) is 0 Å². The molecule has 0 spiro atoms. The second kappa shape index (κ2) is 7.79. The minimum absolute atomic E-state index is 0.506. The molecule has 0 N–H and O–H groups in total. The molecule has 2 bridgehead atoms. The molecule has 5 rings (SSSR count). The summed E-state index contributed by atoms with van der Waals surface area (Å²) in [6, 6.07) is 10.1. The van der Waals surface area contributed by atoms with Crippen LogP contribution in [0, 0.1) is 18.8 Å². The molecule has 152 valence electrons. The van der Waals surface area contributed by atoms with Gasteiger partial charge in [-0.3, -0.25) is 9.58 Å². The topological polar surface area (TPSA) is 30.3 Å². The number of benzene rings is 1. The molecule has 1 aliphatic carbocycles. The van der Waals surface area contributed by atoms with Crippen molar-refractivity contribution >= 4 is 10.9 Å². The van der Waals surface area contributed by atoms with Gasteiger partial charge in [0, 0.05) is 37.2 Å². The number of aromatic nitrogens is 2. The maximum atomic E-state index is 6.30. The van der Waals surface area contributed by atoms with Crippen molar-refractivity contribution in [3.63, 3.8) is 0 Å². The van der Waals surface area contributed by atoms with E-state index in [1.807, 2.05) is 0 Å². The quantitative estimate of drug-likeness (QED) is 0.690. The first-order chi connectivity index (χ1) is 13.7. The monoisotopic (exact) mass is 381 g/mol. The van der Waals surface area contributed by atoms with E-state index in [0.717, 1.165) is 36.8 Å². The summed E-state index contributed by atoms with van der Waals surface area (Å²) in [6.07, 6.45) is 9.88. The summed E-state index contributed by atoms with van der Waals surface area (Å²) >= 11 is 0. The zero-order chi connectivity index (χ0) is 19.1. The first-order valence-electron chi connectivity index (χ1n) is 11.5. The van der Waals surface area contributed by atoms with Crippen molar-refractivity contribution in [1.82, 2.24) is 14.7 Å². The van der Waals surface area contributed by atoms with Crippen LogP contribution in [0.15, 0.2) is 24.3 Å². The SMILES string of the molecule is Cc1nn(CC(C)CN2C3CCC(OCC4CC4)CC2CC3)c2ccccc12. The molecule has 4 atom stereocenters. The lowest BCUT2D eigenvalue weighted by Crippen LogP contribution is -2.39. The van der Waals surface area contributed by atoms with E-state index in [4.69, 9.17) is 9.84 Å². The van der Waals surface area contributed by atoms with Crippen LogP contribution in [0.25, 0.3) is 10.9 Å². The van der Waals surface area contributed by atoms with E-state index in [0.29, 0.717) is 12.0 Å². The Kier molecular flexibility index (Phi) is 5.18. The molecule has 3 fully saturated rings. The predicted molar refractivity (Wildman–Crippen MR) is 113 cm³/mol. The van der Waals surface area contributed by atoms with Crippen LogP contribution in [0.5, 0.6) is 0 Å². The van der Waals surface area contributed by atoms with Crippen molar-refractivity contribution in [3.05, 3.63) is 30.0 Å². The lowest BCUT2D eigenvalue weighted by molar-refractivity contribution is 0.0269. The molecule has 4 heteroatoms. The fourth-order valence-corrected chi connectivity index (χ4v) is 5.53. The van der Waals surface area contributed by atoms with Gasteiger partial charge in [0.25, 0.3) is 0 Å². The summed E-state index contributed by atoms with van der Waals surface area (Å²) in [7, 11) is 0. The van der Waals surface area contributed by atoms with Gasteiger partial charge in [0.1, 0.15) is 0 Å². The van der Waals surface area contributed by atoms with E-state index < -0.39 is 0 Å². The Morgan fingerprint density at radius 2 is 1.82 bits per heavy atom. The van der Waals surface area contributed by atoms with Gasteiger partial charge in [-0.05, 0) is 69.8 Å². The van der Waals surface area contributed by atoms with Crippen molar-refractivity contribution in [2.24, 2.45) is 11.8 Å². The third-order valence-corrected chi connectivity index (χ3v) is 7.24. The van der Waals surface area contributed by atoms with Crippen LogP contribution in [-0.4, -0.2) is 46.0 Å². The molecule has 2 aromatic rings. The first-order valence-corrected chi connectivity index (χ1v) is 11.5. The second-order valence-corrected chi connectivity index (χ2v) is 9.68. The van der Waals surface area contributed by atoms with Gasteiger partial charge in [-0.15, -0.1) is 0 Å². The van der Waals surface area contributed by atoms with E-state index >= 15 is 0 Å². The Morgan fingerprint density at radius 3 is 2.68 bits per heavy atom. The molecule has 3 aliphatic rings. The molecule has 2 saturated heterocycles. The van der Waals surface area contributed by atoms with Gasteiger partial charge < -0.3 is 4.74 Å². The third-order valence-electron chi connectivity index (χ3n) is 7.24. The zero-order valence-corrected chi connectivity index (χ0v) is 17.5. The lowest BCUT2D eigenvalue weighted by Gasteiger charge is -2.31. The number of rotatable bonds is 7. The highest BCUT2D eigenvalue weighted by atomic mass is 16.5. The molecule has 1 aromatic heterocycles. The smallest absolute Gasteiger partial charge is 0.0685 e. The van der Waals surface area contributed by atoms with Gasteiger partial charge in [0.15, 0.2) is 0 Å². The largest absolute Gasteiger partial charge is 0.378 e. The van der Waals surface area contributed by atoms with E-state index in [-0.39, 0.29) is 0 Å². The number of para-hydroxylation sites is 1. The predicted octanol–water partition coefficient (Wildman–Crippen LogP) is 4.79. The minimum Gasteiger partial charge on any atom is -0.378 e. The Hall–Kier alpha value is -1.39. The van der Waals surface area contributed by atoms with Gasteiger partial charge in [0.05, 0.1) is 17.3 Å². The Morgan fingerprint density at radius 1 is 1.04 bits per heavy atom. The summed E-state index contributed by atoms with van der Waals surface area (Å²) < 4.78 is 8.53. The standard InChI is InChI=1S/C24H35N3O/c1-17(15-27-24-6-4-3-5-23(24)18(2)25-27)14-26-20-9-10-21(26)13-22(12-11-20)28-16-19-7-8-19/h3-6,17,19-22H,7-16H2,1-2H3. The van der Waals surface area contributed by atoms with Crippen molar-refractivity contribution in [3.8, 4) is 0 Å². The lowest BCUT2D eigenvalue weighted by atomic mass is 9.98. The summed E-state index contributed by atoms with van der Waals surface area (Å²) in [5.41, 5.74) is 2.42. The van der Waals surface area contributed by atoms with Crippen molar-refractivity contribution in [2.75, 3.05) is 13.2 Å². The van der Waals surface area contributed by atoms with Crippen LogP contribution < -0.4 is 0 Å². The molecule has 0 amide bonds. The van der Waals surface area contributed by atoms with Crippen LogP contribution in [-0.2, 0) is 11.3 Å². The Balaban J connectivity index is 1.22. The van der Waals surface area contributed by atoms with Crippen LogP contribution >= 0.6 is 0 Å². The highest BCUT2D eigenvalue weighted by Crippen LogP contribution is 2.37. The number of hydrogen-bond donors (Lipinski definition) is 0. The minimum atomic E-state index is 0.506. The number of fused-ring (bicyclic) bond motifs is 3. The summed E-state index contributed by atoms with van der Waals surface area (Å²) in [6.45, 7) is 7.74. The molecule has 3 heterocycles. The normalized spacial score (nSPS) is 29.3. The molecule has 1 aromatic carbocycles. The van der Waals surface area contributed by atoms with Crippen LogP contribution in [0.3, 0.4) is 0 Å². The van der Waals surface area contributed by atoms with Crippen molar-refractivity contribution in [1.29, 1.82) is 0 Å². The number of hydrogen-bond acceptors (Lipinski definition) is 3. The fourth-order valence-electron chi connectivity index (χ4n) is 5.53. The van der Waals surface area contributed by atoms with Gasteiger partial charge in [-0.25, -0.2) is 0 Å². The molecule has 1 saturated carbocycles. The highest BCUT2D eigenvalue weighted by Gasteiger charge is 2.39. The van der Waals surface area contributed by atoms with Crippen LogP contribution in [0.4, 0.5) is 0 Å². The summed E-state index contributed by atoms with van der Waals surface area (Å²) in [5.74, 6) is 1.48. The molecular formula is C24H35N3O. The molecule has 2 aliphatic heterocycles. The molecule has 4 unspecified atom stereocenters. The molecule has 28 heavy (non-hydrogen) atoms. The molecule has 0 radical (unpaired) electrons. The summed E-state index contributed by atoms with van der Waals surface area (Å²) in [4.78, 5) is 2.84. The average Bonchev–Trinajstić information content (AvgIpc) is 3.39. The van der Waals surface area contributed by atoms with Gasteiger partial charge in [-0.1, -0.05) is 25.1 Å². The average molecular weight is 382 g/mol. The molecule has 4 nitrogen and oxygen atoms in total. The number of aryl methyl sites for hydroxylation is 1. The maximum Gasteiger partial charge on any atom is 0.0685 e. The van der Waals surface area contributed by atoms with E-state index in [1.54, 1.807) is 0 Å². The van der Waals surface area contributed by atoms with Gasteiger partial charge >= 0.3 is 0 Å². The molecular weight excluding hydrogens is 346 g/mol. The Labute approximate surface area is 169 Å². The van der Waals surface area contributed by atoms with Crippen molar-refractivity contribution in [2.45, 2.75) is 83.5 Å². The highest BCUT2D eigenvalue weighted by molar-refractivity contribution is 5.81. The fraction of sp³-hybridized carbons (Fsp3) is 0.708. The van der Waals surface area contributed by atoms with Gasteiger partial charge in [-0.2, -0.15) is 5.10 Å². The second-order valence-electron chi connectivity index (χ2n) is 9.68. The Bertz CT molecular complexity index is 811. The maximum absolute atomic E-state index is 6.30. The van der Waals surface area contributed by atoms with E-state index in [2.05, 4.69) is 47.7 Å².